The second-order valence-corrected chi connectivity index (χ2v) is 6.48. The Bertz CT molecular complexity index is 1290. The third-order valence-corrected chi connectivity index (χ3v) is 4.66. The summed E-state index contributed by atoms with van der Waals surface area (Å²) in [5, 5.41) is 7.50. The SMILES string of the molecule is CCCn1c(=O)c2c(nc(Cc3nnco3)n2-c2ccccc2F)n(CC)c1=O. The number of nitrogens with zero attached hydrogens (tertiary/aromatic N) is 6. The monoisotopic (exact) mass is 398 g/mol. The lowest BCUT2D eigenvalue weighted by molar-refractivity contribution is 0.499. The molecule has 1 aromatic carbocycles. The summed E-state index contributed by atoms with van der Waals surface area (Å²) in [6.45, 7) is 4.24. The highest BCUT2D eigenvalue weighted by Crippen LogP contribution is 2.22. The van der Waals surface area contributed by atoms with Gasteiger partial charge in [-0.1, -0.05) is 19.1 Å². The molecule has 0 saturated carbocycles. The molecule has 0 bridgehead atoms. The maximum atomic E-state index is 14.7. The van der Waals surface area contributed by atoms with Crippen LogP contribution in [0.5, 0.6) is 0 Å². The smallest absolute Gasteiger partial charge is 0.332 e. The summed E-state index contributed by atoms with van der Waals surface area (Å²) >= 11 is 0. The second kappa shape index (κ2) is 7.46. The summed E-state index contributed by atoms with van der Waals surface area (Å²) < 4.78 is 23.9. The van der Waals surface area contributed by atoms with Gasteiger partial charge in [0.1, 0.15) is 11.6 Å². The summed E-state index contributed by atoms with van der Waals surface area (Å²) in [7, 11) is 0. The molecule has 150 valence electrons. The van der Waals surface area contributed by atoms with Crippen molar-refractivity contribution < 1.29 is 8.81 Å². The Labute approximate surface area is 164 Å². The van der Waals surface area contributed by atoms with Crippen LogP contribution in [0.25, 0.3) is 16.9 Å². The fourth-order valence-electron chi connectivity index (χ4n) is 3.41. The summed E-state index contributed by atoms with van der Waals surface area (Å²) in [4.78, 5) is 30.6. The molecule has 0 aliphatic heterocycles. The Morgan fingerprint density at radius 1 is 1.14 bits per heavy atom. The van der Waals surface area contributed by atoms with Gasteiger partial charge in [0.05, 0.1) is 12.1 Å². The third kappa shape index (κ3) is 3.06. The highest BCUT2D eigenvalue weighted by molar-refractivity contribution is 5.74. The Hall–Kier alpha value is -3.56. The minimum atomic E-state index is -0.519. The molecule has 0 saturated heterocycles. The van der Waals surface area contributed by atoms with E-state index in [2.05, 4.69) is 15.2 Å². The molecule has 4 aromatic rings. The lowest BCUT2D eigenvalue weighted by Crippen LogP contribution is -2.40. The number of benzene rings is 1. The van der Waals surface area contributed by atoms with E-state index in [4.69, 9.17) is 4.42 Å². The zero-order valence-electron chi connectivity index (χ0n) is 16.0. The molecule has 0 N–H and O–H groups in total. The van der Waals surface area contributed by atoms with Crippen molar-refractivity contribution in [3.05, 3.63) is 69.0 Å². The summed E-state index contributed by atoms with van der Waals surface area (Å²) in [5.74, 6) is 0.0637. The van der Waals surface area contributed by atoms with Gasteiger partial charge >= 0.3 is 5.69 Å². The van der Waals surface area contributed by atoms with E-state index in [0.29, 0.717) is 18.8 Å². The van der Waals surface area contributed by atoms with Gasteiger partial charge < -0.3 is 4.42 Å². The maximum Gasteiger partial charge on any atom is 0.332 e. The number of para-hydroxylation sites is 1. The lowest BCUT2D eigenvalue weighted by Gasteiger charge is -2.12. The number of hydrogen-bond acceptors (Lipinski definition) is 6. The fourth-order valence-corrected chi connectivity index (χ4v) is 3.41. The largest absolute Gasteiger partial charge is 0.428 e. The maximum absolute atomic E-state index is 14.7. The van der Waals surface area contributed by atoms with Crippen LogP contribution < -0.4 is 11.2 Å². The first-order chi connectivity index (χ1) is 14.1. The molecular formula is C19H19FN6O3. The van der Waals surface area contributed by atoms with Crippen molar-refractivity contribution in [1.82, 2.24) is 28.9 Å². The minimum absolute atomic E-state index is 0.0775. The molecule has 0 unspecified atom stereocenters. The van der Waals surface area contributed by atoms with Gasteiger partial charge in [0.25, 0.3) is 5.56 Å². The molecule has 0 aliphatic carbocycles. The number of halogens is 1. The number of rotatable bonds is 6. The molecule has 0 aliphatic rings. The topological polar surface area (TPSA) is 101 Å². The number of fused-ring (bicyclic) bond motifs is 1. The van der Waals surface area contributed by atoms with E-state index in [-0.39, 0.29) is 35.7 Å². The fraction of sp³-hybridized carbons (Fsp3) is 0.316. The van der Waals surface area contributed by atoms with E-state index < -0.39 is 17.1 Å². The molecular weight excluding hydrogens is 379 g/mol. The Morgan fingerprint density at radius 2 is 1.93 bits per heavy atom. The van der Waals surface area contributed by atoms with Crippen molar-refractivity contribution in [2.24, 2.45) is 0 Å². The van der Waals surface area contributed by atoms with Crippen LogP contribution in [-0.2, 0) is 19.5 Å². The van der Waals surface area contributed by atoms with E-state index in [0.717, 1.165) is 0 Å². The van der Waals surface area contributed by atoms with E-state index in [1.54, 1.807) is 25.1 Å². The van der Waals surface area contributed by atoms with Crippen LogP contribution in [0, 0.1) is 5.82 Å². The summed E-state index contributed by atoms with van der Waals surface area (Å²) in [6.07, 6.45) is 1.86. The Balaban J connectivity index is 2.13. The van der Waals surface area contributed by atoms with Gasteiger partial charge in [-0.3, -0.25) is 18.5 Å². The number of hydrogen-bond donors (Lipinski definition) is 0. The van der Waals surface area contributed by atoms with Crippen molar-refractivity contribution >= 4 is 11.2 Å². The quantitative estimate of drug-likeness (QED) is 0.492. The first kappa shape index (κ1) is 18.8. The lowest BCUT2D eigenvalue weighted by atomic mass is 10.2. The van der Waals surface area contributed by atoms with Crippen molar-refractivity contribution in [2.75, 3.05) is 0 Å². The van der Waals surface area contributed by atoms with Crippen molar-refractivity contribution in [1.29, 1.82) is 0 Å². The van der Waals surface area contributed by atoms with E-state index in [9.17, 15) is 14.0 Å². The van der Waals surface area contributed by atoms with E-state index in [1.807, 2.05) is 6.92 Å². The van der Waals surface area contributed by atoms with Crippen LogP contribution in [0.15, 0.2) is 44.7 Å². The molecule has 0 fully saturated rings. The standard InChI is InChI=1S/C19H19FN6O3/c1-3-9-25-18(27)16-17(24(4-2)19(25)28)22-14(10-15-23-21-11-29-15)26(16)13-8-6-5-7-12(13)20/h5-8,11H,3-4,9-10H2,1-2H3. The molecule has 0 atom stereocenters. The highest BCUT2D eigenvalue weighted by Gasteiger charge is 2.24. The van der Waals surface area contributed by atoms with Crippen LogP contribution in [0.4, 0.5) is 4.39 Å². The van der Waals surface area contributed by atoms with Crippen LogP contribution in [-0.4, -0.2) is 28.9 Å². The van der Waals surface area contributed by atoms with Crippen molar-refractivity contribution in [3.8, 4) is 5.69 Å². The van der Waals surface area contributed by atoms with Gasteiger partial charge in [0.15, 0.2) is 11.2 Å². The average Bonchev–Trinajstić information content (AvgIpc) is 3.34. The van der Waals surface area contributed by atoms with Crippen LogP contribution in [0.2, 0.25) is 0 Å². The molecule has 10 heteroatoms. The van der Waals surface area contributed by atoms with Gasteiger partial charge in [-0.25, -0.2) is 14.2 Å². The molecule has 29 heavy (non-hydrogen) atoms. The second-order valence-electron chi connectivity index (χ2n) is 6.48. The zero-order chi connectivity index (χ0) is 20.5. The van der Waals surface area contributed by atoms with Gasteiger partial charge in [0, 0.05) is 13.1 Å². The molecule has 0 radical (unpaired) electrons. The molecule has 3 heterocycles. The van der Waals surface area contributed by atoms with Crippen LogP contribution in [0.1, 0.15) is 32.0 Å². The van der Waals surface area contributed by atoms with Crippen LogP contribution in [0.3, 0.4) is 0 Å². The first-order valence-corrected chi connectivity index (χ1v) is 9.31. The zero-order valence-corrected chi connectivity index (χ0v) is 16.0. The van der Waals surface area contributed by atoms with Gasteiger partial charge in [-0.2, -0.15) is 0 Å². The van der Waals surface area contributed by atoms with Gasteiger partial charge in [-0.05, 0) is 25.5 Å². The van der Waals surface area contributed by atoms with E-state index in [1.165, 1.54) is 26.2 Å². The minimum Gasteiger partial charge on any atom is -0.428 e. The number of aromatic nitrogens is 6. The van der Waals surface area contributed by atoms with Crippen molar-refractivity contribution in [2.45, 2.75) is 39.8 Å². The van der Waals surface area contributed by atoms with Crippen molar-refractivity contribution in [3.63, 3.8) is 0 Å². The molecule has 4 rings (SSSR count). The Morgan fingerprint density at radius 3 is 2.59 bits per heavy atom. The molecule has 3 aromatic heterocycles. The normalized spacial score (nSPS) is 11.4. The predicted octanol–water partition coefficient (Wildman–Crippen LogP) is 1.89. The first-order valence-electron chi connectivity index (χ1n) is 9.31. The number of imidazole rings is 1. The van der Waals surface area contributed by atoms with E-state index >= 15 is 0 Å². The summed E-state index contributed by atoms with van der Waals surface area (Å²) in [5.41, 5.74) is -0.448. The average molecular weight is 398 g/mol. The molecule has 0 amide bonds. The highest BCUT2D eigenvalue weighted by atomic mass is 19.1. The Kier molecular flexibility index (Phi) is 4.83. The third-order valence-electron chi connectivity index (χ3n) is 4.66. The molecule has 0 spiro atoms. The van der Waals surface area contributed by atoms with Gasteiger partial charge in [0.2, 0.25) is 12.3 Å². The van der Waals surface area contributed by atoms with Crippen LogP contribution >= 0.6 is 0 Å². The van der Waals surface area contributed by atoms with Gasteiger partial charge in [-0.15, -0.1) is 10.2 Å². The number of aryl methyl sites for hydroxylation is 1. The molecule has 9 nitrogen and oxygen atoms in total. The predicted molar refractivity (Wildman–Crippen MR) is 103 cm³/mol. The summed E-state index contributed by atoms with van der Waals surface area (Å²) in [6, 6.07) is 6.09.